The Labute approximate surface area is 108 Å². The molecule has 0 radical (unpaired) electrons. The van der Waals surface area contributed by atoms with E-state index in [0.717, 1.165) is 25.1 Å². The average Bonchev–Trinajstić information content (AvgIpc) is 2.33. The lowest BCUT2D eigenvalue weighted by atomic mass is 10.1. The maximum atomic E-state index is 12.5. The third kappa shape index (κ3) is 4.44. The number of carbonyl (C=O) groups is 1. The smallest absolute Gasteiger partial charge is 0.416 e. The molecule has 0 aliphatic heterocycles. The number of alkyl halides is 3. The van der Waals surface area contributed by atoms with Gasteiger partial charge in [-0.2, -0.15) is 13.2 Å². The van der Waals surface area contributed by atoms with Gasteiger partial charge in [0.25, 0.3) is 0 Å². The Morgan fingerprint density at radius 2 is 2.00 bits per heavy atom. The molecule has 0 bridgehead atoms. The molecule has 0 fully saturated rings. The molecule has 0 saturated heterocycles. The van der Waals surface area contributed by atoms with Gasteiger partial charge in [-0.15, -0.1) is 0 Å². The van der Waals surface area contributed by atoms with Crippen LogP contribution in [0.4, 0.5) is 18.9 Å². The van der Waals surface area contributed by atoms with Crippen molar-refractivity contribution in [1.82, 2.24) is 5.32 Å². The molecule has 0 unspecified atom stereocenters. The van der Waals surface area contributed by atoms with Gasteiger partial charge in [-0.25, -0.2) is 4.79 Å². The Morgan fingerprint density at radius 3 is 2.53 bits per heavy atom. The number of carboxylic acids is 1. The fourth-order valence-electron chi connectivity index (χ4n) is 1.54. The van der Waals surface area contributed by atoms with Crippen LogP contribution in [0.5, 0.6) is 0 Å². The summed E-state index contributed by atoms with van der Waals surface area (Å²) in [5, 5.41) is 14.7. The van der Waals surface area contributed by atoms with Gasteiger partial charge in [0.05, 0.1) is 11.1 Å². The number of hydrogen-bond acceptors (Lipinski definition) is 3. The first-order valence-electron chi connectivity index (χ1n) is 5.69. The normalized spacial score (nSPS) is 11.4. The molecule has 1 aromatic carbocycles. The van der Waals surface area contributed by atoms with Crippen LogP contribution in [0.2, 0.25) is 0 Å². The van der Waals surface area contributed by atoms with E-state index in [0.29, 0.717) is 12.6 Å². The fourth-order valence-corrected chi connectivity index (χ4v) is 1.54. The van der Waals surface area contributed by atoms with Crippen molar-refractivity contribution in [3.8, 4) is 0 Å². The van der Waals surface area contributed by atoms with Crippen molar-refractivity contribution in [2.75, 3.05) is 25.5 Å². The molecule has 0 spiro atoms. The summed E-state index contributed by atoms with van der Waals surface area (Å²) in [6.45, 7) is 1.21. The van der Waals surface area contributed by atoms with Gasteiger partial charge in [0.1, 0.15) is 0 Å². The molecule has 0 atom stereocenters. The molecule has 0 aliphatic rings. The molecule has 7 heteroatoms. The van der Waals surface area contributed by atoms with E-state index < -0.39 is 17.7 Å². The van der Waals surface area contributed by atoms with Gasteiger partial charge in [-0.1, -0.05) is 0 Å². The van der Waals surface area contributed by atoms with Gasteiger partial charge < -0.3 is 15.7 Å². The molecule has 4 nitrogen and oxygen atoms in total. The van der Waals surface area contributed by atoms with E-state index in [1.54, 1.807) is 7.05 Å². The van der Waals surface area contributed by atoms with Gasteiger partial charge >= 0.3 is 12.1 Å². The number of rotatable bonds is 6. The first-order chi connectivity index (χ1) is 8.86. The summed E-state index contributed by atoms with van der Waals surface area (Å²) >= 11 is 0. The Morgan fingerprint density at radius 1 is 1.32 bits per heavy atom. The highest BCUT2D eigenvalue weighted by Crippen LogP contribution is 2.31. The highest BCUT2D eigenvalue weighted by atomic mass is 19.4. The van der Waals surface area contributed by atoms with E-state index >= 15 is 0 Å². The van der Waals surface area contributed by atoms with Gasteiger partial charge in [-0.05, 0) is 38.2 Å². The summed E-state index contributed by atoms with van der Waals surface area (Å²) in [5.74, 6) is -1.39. The Hall–Kier alpha value is -1.76. The summed E-state index contributed by atoms with van der Waals surface area (Å²) < 4.78 is 37.5. The van der Waals surface area contributed by atoms with Crippen LogP contribution in [0, 0.1) is 0 Å². The zero-order chi connectivity index (χ0) is 14.5. The lowest BCUT2D eigenvalue weighted by molar-refractivity contribution is -0.137. The van der Waals surface area contributed by atoms with Crippen LogP contribution < -0.4 is 10.6 Å². The van der Waals surface area contributed by atoms with Crippen molar-refractivity contribution in [3.63, 3.8) is 0 Å². The van der Waals surface area contributed by atoms with E-state index in [-0.39, 0.29) is 11.3 Å². The number of nitrogens with one attached hydrogen (secondary N) is 2. The van der Waals surface area contributed by atoms with Crippen molar-refractivity contribution in [3.05, 3.63) is 29.3 Å². The molecule has 0 aromatic heterocycles. The second-order valence-electron chi connectivity index (χ2n) is 3.95. The molecule has 0 aliphatic carbocycles. The molecule has 0 saturated carbocycles. The maximum Gasteiger partial charge on any atom is 0.416 e. The molecule has 1 aromatic rings. The highest BCUT2D eigenvalue weighted by molar-refractivity contribution is 5.94. The lowest BCUT2D eigenvalue weighted by Crippen LogP contribution is -2.15. The maximum absolute atomic E-state index is 12.5. The second-order valence-corrected chi connectivity index (χ2v) is 3.95. The lowest BCUT2D eigenvalue weighted by Gasteiger charge is -2.12. The largest absolute Gasteiger partial charge is 0.478 e. The van der Waals surface area contributed by atoms with Crippen LogP contribution in [0.15, 0.2) is 18.2 Å². The second kappa shape index (κ2) is 6.42. The number of aromatic carboxylic acids is 1. The third-order valence-electron chi connectivity index (χ3n) is 2.50. The summed E-state index contributed by atoms with van der Waals surface area (Å²) in [4.78, 5) is 11.0. The molecule has 0 heterocycles. The van der Waals surface area contributed by atoms with Crippen molar-refractivity contribution in [1.29, 1.82) is 0 Å². The molecular weight excluding hydrogens is 261 g/mol. The van der Waals surface area contributed by atoms with E-state index in [4.69, 9.17) is 5.11 Å². The van der Waals surface area contributed by atoms with E-state index in [1.807, 2.05) is 0 Å². The summed E-state index contributed by atoms with van der Waals surface area (Å²) in [6.07, 6.45) is -3.81. The fraction of sp³-hybridized carbons (Fsp3) is 0.417. The molecule has 0 amide bonds. The van der Waals surface area contributed by atoms with Crippen LogP contribution >= 0.6 is 0 Å². The zero-order valence-electron chi connectivity index (χ0n) is 10.3. The van der Waals surface area contributed by atoms with E-state index in [9.17, 15) is 18.0 Å². The molecule has 106 valence electrons. The summed E-state index contributed by atoms with van der Waals surface area (Å²) in [6, 6.07) is 2.65. The van der Waals surface area contributed by atoms with Crippen molar-refractivity contribution >= 4 is 11.7 Å². The van der Waals surface area contributed by atoms with Crippen LogP contribution in [0.1, 0.15) is 22.3 Å². The van der Waals surface area contributed by atoms with Crippen LogP contribution in [-0.4, -0.2) is 31.2 Å². The van der Waals surface area contributed by atoms with E-state index in [2.05, 4.69) is 10.6 Å². The number of hydrogen-bond donors (Lipinski definition) is 3. The number of benzene rings is 1. The third-order valence-corrected chi connectivity index (χ3v) is 2.50. The minimum Gasteiger partial charge on any atom is -0.478 e. The molecule has 3 N–H and O–H groups in total. The van der Waals surface area contributed by atoms with Crippen molar-refractivity contribution < 1.29 is 23.1 Å². The average molecular weight is 276 g/mol. The number of halogens is 3. The highest BCUT2D eigenvalue weighted by Gasteiger charge is 2.31. The SMILES string of the molecule is CNCCCNc1ccc(C(F)(F)F)cc1C(=O)O. The Bertz CT molecular complexity index is 447. The topological polar surface area (TPSA) is 61.4 Å². The van der Waals surface area contributed by atoms with Gasteiger partial charge in [0.15, 0.2) is 0 Å². The Kier molecular flexibility index (Phi) is 5.17. The number of anilines is 1. The van der Waals surface area contributed by atoms with Gasteiger partial charge in [0, 0.05) is 12.2 Å². The minimum atomic E-state index is -4.55. The zero-order valence-corrected chi connectivity index (χ0v) is 10.3. The van der Waals surface area contributed by atoms with Crippen LogP contribution in [0.25, 0.3) is 0 Å². The summed E-state index contributed by atoms with van der Waals surface area (Å²) in [7, 11) is 1.78. The predicted molar refractivity (Wildman–Crippen MR) is 65.4 cm³/mol. The first kappa shape index (κ1) is 15.3. The standard InChI is InChI=1S/C12H15F3N2O2/c1-16-5-2-6-17-10-4-3-8(12(13,14)15)7-9(10)11(18)19/h3-4,7,16-17H,2,5-6H2,1H3,(H,18,19). The van der Waals surface area contributed by atoms with Crippen LogP contribution in [-0.2, 0) is 6.18 Å². The number of carboxylic acid groups (broad SMARTS) is 1. The Balaban J connectivity index is 2.90. The molecular formula is C12H15F3N2O2. The van der Waals surface area contributed by atoms with Gasteiger partial charge in [0.2, 0.25) is 0 Å². The van der Waals surface area contributed by atoms with Crippen molar-refractivity contribution in [2.45, 2.75) is 12.6 Å². The quantitative estimate of drug-likeness (QED) is 0.698. The van der Waals surface area contributed by atoms with Crippen molar-refractivity contribution in [2.24, 2.45) is 0 Å². The monoisotopic (exact) mass is 276 g/mol. The van der Waals surface area contributed by atoms with Gasteiger partial charge in [-0.3, -0.25) is 0 Å². The minimum absolute atomic E-state index is 0.191. The first-order valence-corrected chi connectivity index (χ1v) is 5.69. The summed E-state index contributed by atoms with van der Waals surface area (Å²) in [5.41, 5.74) is -1.15. The van der Waals surface area contributed by atoms with E-state index in [1.165, 1.54) is 0 Å². The van der Waals surface area contributed by atoms with Crippen LogP contribution in [0.3, 0.4) is 0 Å². The predicted octanol–water partition coefficient (Wildman–Crippen LogP) is 2.42. The molecule has 19 heavy (non-hydrogen) atoms. The molecule has 1 rings (SSSR count).